The third kappa shape index (κ3) is 1.48. The Balaban J connectivity index is 1.77. The van der Waals surface area contributed by atoms with Crippen LogP contribution in [0.3, 0.4) is 0 Å². The molecule has 22 heavy (non-hydrogen) atoms. The molecular weight excluding hydrogens is 288 g/mol. The number of carbonyl (C=O) groups excluding carboxylic acids is 2. The molecule has 2 bridgehead atoms. The summed E-state index contributed by atoms with van der Waals surface area (Å²) in [5, 5.41) is 10.9. The van der Waals surface area contributed by atoms with Gasteiger partial charge in [-0.05, 0) is 13.0 Å². The molecule has 0 radical (unpaired) electrons. The Morgan fingerprint density at radius 1 is 1.32 bits per heavy atom. The summed E-state index contributed by atoms with van der Waals surface area (Å²) in [7, 11) is 0. The van der Waals surface area contributed by atoms with Gasteiger partial charge in [-0.1, -0.05) is 18.2 Å². The highest BCUT2D eigenvalue weighted by atomic mass is 16.6. The van der Waals surface area contributed by atoms with E-state index in [9.17, 15) is 19.7 Å². The lowest BCUT2D eigenvalue weighted by atomic mass is 9.78. The molecule has 0 unspecified atom stereocenters. The number of rotatable bonds is 2. The molecule has 4 atom stereocenters. The van der Waals surface area contributed by atoms with Crippen molar-refractivity contribution in [2.24, 2.45) is 11.8 Å². The summed E-state index contributed by atoms with van der Waals surface area (Å²) in [4.78, 5) is 36.7. The van der Waals surface area contributed by atoms with Crippen LogP contribution in [0.2, 0.25) is 0 Å². The van der Waals surface area contributed by atoms with E-state index in [1.165, 1.54) is 24.3 Å². The SMILES string of the molecule is C[C@]12C=C[C@@H](O1)[C@@H]1C(=O)N(c3cccc([N+](=O)[O-])c3)C(=O)[C@@H]12. The van der Waals surface area contributed by atoms with E-state index in [1.54, 1.807) is 6.92 Å². The van der Waals surface area contributed by atoms with Gasteiger partial charge < -0.3 is 4.74 Å². The van der Waals surface area contributed by atoms with Gasteiger partial charge in [0.05, 0.1) is 34.2 Å². The lowest BCUT2D eigenvalue weighted by Crippen LogP contribution is -2.38. The van der Waals surface area contributed by atoms with Gasteiger partial charge in [-0.25, -0.2) is 4.90 Å². The highest BCUT2D eigenvalue weighted by molar-refractivity contribution is 6.23. The predicted octanol–water partition coefficient (Wildman–Crippen LogP) is 1.43. The summed E-state index contributed by atoms with van der Waals surface area (Å²) in [6.07, 6.45) is 3.24. The molecule has 1 aromatic carbocycles. The lowest BCUT2D eigenvalue weighted by molar-refractivity contribution is -0.384. The summed E-state index contributed by atoms with van der Waals surface area (Å²) in [5.74, 6) is -1.81. The number of imide groups is 1. The van der Waals surface area contributed by atoms with E-state index in [0.29, 0.717) is 0 Å². The predicted molar refractivity (Wildman–Crippen MR) is 75.0 cm³/mol. The molecule has 0 aliphatic carbocycles. The zero-order valence-corrected chi connectivity index (χ0v) is 11.6. The van der Waals surface area contributed by atoms with Gasteiger partial charge in [-0.2, -0.15) is 0 Å². The van der Waals surface area contributed by atoms with Gasteiger partial charge >= 0.3 is 0 Å². The van der Waals surface area contributed by atoms with Crippen LogP contribution in [0, 0.1) is 22.0 Å². The third-order valence-corrected chi connectivity index (χ3v) is 4.63. The number of hydrogen-bond acceptors (Lipinski definition) is 5. The number of non-ortho nitro benzene ring substituents is 1. The van der Waals surface area contributed by atoms with Crippen LogP contribution in [-0.2, 0) is 14.3 Å². The maximum Gasteiger partial charge on any atom is 0.271 e. The fourth-order valence-corrected chi connectivity index (χ4v) is 3.65. The van der Waals surface area contributed by atoms with Crippen LogP contribution in [0.1, 0.15) is 6.92 Å². The van der Waals surface area contributed by atoms with E-state index in [4.69, 9.17) is 4.74 Å². The summed E-state index contributed by atoms with van der Waals surface area (Å²) < 4.78 is 5.73. The van der Waals surface area contributed by atoms with Crippen molar-refractivity contribution in [2.75, 3.05) is 4.90 Å². The molecule has 0 N–H and O–H groups in total. The molecule has 0 spiro atoms. The van der Waals surface area contributed by atoms with Crippen LogP contribution < -0.4 is 4.90 Å². The Hall–Kier alpha value is -2.54. The van der Waals surface area contributed by atoms with Gasteiger partial charge in [0.15, 0.2) is 0 Å². The fraction of sp³-hybridized carbons (Fsp3) is 0.333. The lowest BCUT2D eigenvalue weighted by Gasteiger charge is -2.24. The summed E-state index contributed by atoms with van der Waals surface area (Å²) in [6, 6.07) is 5.57. The van der Waals surface area contributed by atoms with Crippen molar-refractivity contribution in [3.63, 3.8) is 0 Å². The molecule has 4 rings (SSSR count). The van der Waals surface area contributed by atoms with Crippen LogP contribution in [0.25, 0.3) is 0 Å². The number of nitro benzene ring substituents is 1. The zero-order chi connectivity index (χ0) is 15.6. The van der Waals surface area contributed by atoms with Crippen LogP contribution in [0.4, 0.5) is 11.4 Å². The van der Waals surface area contributed by atoms with Crippen molar-refractivity contribution in [1.82, 2.24) is 0 Å². The summed E-state index contributed by atoms with van der Waals surface area (Å²) in [6.45, 7) is 1.79. The molecule has 3 aliphatic rings. The Morgan fingerprint density at radius 3 is 2.77 bits per heavy atom. The van der Waals surface area contributed by atoms with Crippen molar-refractivity contribution < 1.29 is 19.2 Å². The second kappa shape index (κ2) is 4.01. The second-order valence-electron chi connectivity index (χ2n) is 5.92. The first-order valence-electron chi connectivity index (χ1n) is 6.92. The normalized spacial score (nSPS) is 35.3. The standard InChI is InChI=1S/C15H12N2O5/c1-15-6-5-10(22-15)11-12(15)14(19)16(13(11)18)8-3-2-4-9(7-8)17(20)21/h2-7,10-12H,1H3/t10-,11+,12-,15-/m1/s1. The molecule has 2 amide bonds. The first kappa shape index (κ1) is 13.1. The third-order valence-electron chi connectivity index (χ3n) is 4.63. The molecule has 112 valence electrons. The smallest absolute Gasteiger partial charge is 0.271 e. The van der Waals surface area contributed by atoms with Crippen LogP contribution in [0.15, 0.2) is 36.4 Å². The monoisotopic (exact) mass is 300 g/mol. The van der Waals surface area contributed by atoms with Crippen LogP contribution in [-0.4, -0.2) is 28.4 Å². The maximum absolute atomic E-state index is 12.7. The van der Waals surface area contributed by atoms with Gasteiger partial charge in [0.2, 0.25) is 11.8 Å². The number of nitro groups is 1. The summed E-state index contributed by atoms with van der Waals surface area (Å²) >= 11 is 0. The maximum atomic E-state index is 12.7. The van der Waals surface area contributed by atoms with Gasteiger partial charge in [-0.3, -0.25) is 19.7 Å². The first-order chi connectivity index (χ1) is 10.4. The minimum absolute atomic E-state index is 0.154. The molecule has 2 fully saturated rings. The van der Waals surface area contributed by atoms with Gasteiger partial charge in [0.25, 0.3) is 5.69 Å². The largest absolute Gasteiger partial charge is 0.362 e. The first-order valence-corrected chi connectivity index (χ1v) is 6.92. The van der Waals surface area contributed by atoms with Crippen molar-refractivity contribution in [2.45, 2.75) is 18.6 Å². The van der Waals surface area contributed by atoms with Crippen molar-refractivity contribution in [1.29, 1.82) is 0 Å². The zero-order valence-electron chi connectivity index (χ0n) is 11.6. The summed E-state index contributed by atoms with van der Waals surface area (Å²) in [5.41, 5.74) is -0.683. The minimum atomic E-state index is -0.766. The van der Waals surface area contributed by atoms with E-state index in [1.807, 2.05) is 12.2 Å². The molecule has 1 aromatic rings. The topological polar surface area (TPSA) is 89.8 Å². The number of fused-ring (bicyclic) bond motifs is 5. The molecule has 7 nitrogen and oxygen atoms in total. The van der Waals surface area contributed by atoms with Gasteiger partial charge in [0, 0.05) is 12.1 Å². The molecule has 3 aliphatic heterocycles. The highest BCUT2D eigenvalue weighted by Gasteiger charge is 2.66. The number of hydrogen-bond donors (Lipinski definition) is 0. The van der Waals surface area contributed by atoms with E-state index in [0.717, 1.165) is 4.90 Å². The quantitative estimate of drug-likeness (QED) is 0.357. The number of nitrogens with zero attached hydrogens (tertiary/aromatic N) is 2. The van der Waals surface area contributed by atoms with E-state index in [2.05, 4.69) is 0 Å². The molecule has 3 heterocycles. The van der Waals surface area contributed by atoms with Crippen LogP contribution >= 0.6 is 0 Å². The van der Waals surface area contributed by atoms with Gasteiger partial charge in [-0.15, -0.1) is 0 Å². The van der Waals surface area contributed by atoms with Gasteiger partial charge in [0.1, 0.15) is 0 Å². The number of carbonyl (C=O) groups is 2. The number of amides is 2. The minimum Gasteiger partial charge on any atom is -0.362 e. The van der Waals surface area contributed by atoms with E-state index >= 15 is 0 Å². The number of ether oxygens (including phenoxy) is 1. The average Bonchev–Trinajstić information content (AvgIpc) is 3.08. The second-order valence-corrected chi connectivity index (χ2v) is 5.92. The Morgan fingerprint density at radius 2 is 2.09 bits per heavy atom. The Bertz CT molecular complexity index is 758. The molecule has 7 heteroatoms. The highest BCUT2D eigenvalue weighted by Crippen LogP contribution is 2.52. The van der Waals surface area contributed by atoms with E-state index in [-0.39, 0.29) is 23.2 Å². The van der Waals surface area contributed by atoms with Crippen molar-refractivity contribution in [3.8, 4) is 0 Å². The Labute approximate surface area is 125 Å². The molecular formula is C15H12N2O5. The number of benzene rings is 1. The molecule has 0 aromatic heterocycles. The van der Waals surface area contributed by atoms with Crippen molar-refractivity contribution >= 4 is 23.2 Å². The van der Waals surface area contributed by atoms with Crippen molar-refractivity contribution in [3.05, 3.63) is 46.5 Å². The number of anilines is 1. The molecule has 2 saturated heterocycles. The molecule has 0 saturated carbocycles. The van der Waals surface area contributed by atoms with E-state index < -0.39 is 28.5 Å². The fourth-order valence-electron chi connectivity index (χ4n) is 3.65. The Kier molecular flexibility index (Phi) is 2.40. The van der Waals surface area contributed by atoms with Crippen LogP contribution in [0.5, 0.6) is 0 Å². The average molecular weight is 300 g/mol.